The van der Waals surface area contributed by atoms with Gasteiger partial charge in [0.05, 0.1) is 0 Å². The second-order valence-electron chi connectivity index (χ2n) is 22.9. The predicted molar refractivity (Wildman–Crippen MR) is 336 cm³/mol. The molecular weight excluding hydrogens is 949 g/mol. The Morgan fingerprint density at radius 1 is 0.256 bits per heavy atom. The summed E-state index contributed by atoms with van der Waals surface area (Å²) in [5, 5.41) is 0. The molecule has 4 heteroatoms. The Morgan fingerprint density at radius 3 is 0.641 bits per heavy atom. The van der Waals surface area contributed by atoms with Gasteiger partial charge < -0.3 is 0 Å². The van der Waals surface area contributed by atoms with Gasteiger partial charge in [-0.15, -0.1) is 0 Å². The average molecular weight is 1060 g/mol. The summed E-state index contributed by atoms with van der Waals surface area (Å²) in [6, 6.07) is 31.4. The van der Waals surface area contributed by atoms with Crippen molar-refractivity contribution in [2.45, 2.75) is 284 Å². The molecule has 426 valence electrons. The van der Waals surface area contributed by atoms with Crippen LogP contribution >= 0.6 is 0 Å². The van der Waals surface area contributed by atoms with E-state index in [0.29, 0.717) is 11.1 Å². The maximum Gasteiger partial charge on any atom is 0.269 e. The van der Waals surface area contributed by atoms with Crippen LogP contribution in [0.5, 0.6) is 0 Å². The van der Waals surface area contributed by atoms with Crippen LogP contribution < -0.4 is 10.9 Å². The van der Waals surface area contributed by atoms with Crippen LogP contribution in [0.2, 0.25) is 0 Å². The van der Waals surface area contributed by atoms with E-state index in [0.717, 1.165) is 35.1 Å². The lowest BCUT2D eigenvalue weighted by molar-refractivity contribution is 0.0846. The zero-order valence-corrected chi connectivity index (χ0v) is 49.8. The molecule has 0 unspecified atom stereocenters. The smallest absolute Gasteiger partial charge is 0.267 e. The van der Waals surface area contributed by atoms with Gasteiger partial charge in [0.1, 0.15) is 0 Å². The van der Waals surface area contributed by atoms with Gasteiger partial charge in [0.15, 0.2) is 0 Å². The molecule has 0 aromatic heterocycles. The minimum Gasteiger partial charge on any atom is -0.267 e. The molecule has 0 aliphatic rings. The molecule has 0 fully saturated rings. The van der Waals surface area contributed by atoms with Gasteiger partial charge in [-0.1, -0.05) is 306 Å². The third kappa shape index (κ3) is 33.4. The first kappa shape index (κ1) is 65.5. The third-order valence-electron chi connectivity index (χ3n) is 15.8. The Labute approximate surface area is 478 Å². The minimum absolute atomic E-state index is 0.395. The Hall–Kier alpha value is -5.06. The largest absolute Gasteiger partial charge is 0.269 e. The van der Waals surface area contributed by atoms with E-state index in [1.807, 2.05) is 24.3 Å². The minimum atomic E-state index is -0.395. The van der Waals surface area contributed by atoms with Crippen LogP contribution in [0.4, 0.5) is 0 Å². The summed E-state index contributed by atoms with van der Waals surface area (Å²) in [7, 11) is 0. The Kier molecular flexibility index (Phi) is 38.4. The number of hydrogen-bond donors (Lipinski definition) is 2. The van der Waals surface area contributed by atoms with Crippen LogP contribution in [0.3, 0.4) is 0 Å². The number of unbranched alkanes of at least 4 members (excludes halogenated alkanes) is 38. The van der Waals surface area contributed by atoms with Crippen LogP contribution in [0, 0.1) is 23.7 Å². The van der Waals surface area contributed by atoms with E-state index in [2.05, 4.69) is 96.9 Å². The topological polar surface area (TPSA) is 58.2 Å². The Balaban J connectivity index is 0.971. The van der Waals surface area contributed by atoms with Crippen LogP contribution in [0.25, 0.3) is 0 Å². The molecule has 4 aromatic rings. The molecule has 0 aliphatic heterocycles. The van der Waals surface area contributed by atoms with Crippen molar-refractivity contribution >= 4 is 11.8 Å². The maximum absolute atomic E-state index is 12.9. The highest BCUT2D eigenvalue weighted by Crippen LogP contribution is 2.19. The zero-order valence-electron chi connectivity index (χ0n) is 49.8. The molecular formula is C74H108N2O2. The SMILES string of the molecule is CCCCCCCCCCCCCCCCCCCCCCc1ccc(C#Cc2ccc(C(=O)NNC(=O)c3ccc(C#Cc4ccc(CCCCCCCCCCCCCCCCCCCCCC)cc4)cc3)cc2)cc1. The van der Waals surface area contributed by atoms with Crippen molar-refractivity contribution in [2.24, 2.45) is 0 Å². The number of hydrazine groups is 1. The van der Waals surface area contributed by atoms with Crippen molar-refractivity contribution in [1.82, 2.24) is 10.9 Å². The molecule has 78 heavy (non-hydrogen) atoms. The lowest BCUT2D eigenvalue weighted by atomic mass is 10.0. The van der Waals surface area contributed by atoms with Crippen molar-refractivity contribution in [1.29, 1.82) is 0 Å². The molecule has 0 heterocycles. The van der Waals surface area contributed by atoms with Crippen LogP contribution in [-0.2, 0) is 12.8 Å². The van der Waals surface area contributed by atoms with Gasteiger partial charge in [-0.25, -0.2) is 0 Å². The number of carbonyl (C=O) groups is 2. The molecule has 0 aliphatic carbocycles. The van der Waals surface area contributed by atoms with Crippen molar-refractivity contribution in [3.8, 4) is 23.7 Å². The number of hydrogen-bond acceptors (Lipinski definition) is 2. The maximum atomic E-state index is 12.9. The third-order valence-corrected chi connectivity index (χ3v) is 15.8. The highest BCUT2D eigenvalue weighted by Gasteiger charge is 2.10. The molecule has 2 amide bonds. The van der Waals surface area contributed by atoms with E-state index in [9.17, 15) is 9.59 Å². The van der Waals surface area contributed by atoms with Gasteiger partial charge in [-0.05, 0) is 110 Å². The lowest BCUT2D eigenvalue weighted by Gasteiger charge is -2.07. The summed E-state index contributed by atoms with van der Waals surface area (Å²) >= 11 is 0. The van der Waals surface area contributed by atoms with Crippen LogP contribution in [-0.4, -0.2) is 11.8 Å². The molecule has 0 saturated carbocycles. The first-order valence-electron chi connectivity index (χ1n) is 32.6. The normalized spacial score (nSPS) is 10.9. The van der Waals surface area contributed by atoms with E-state index >= 15 is 0 Å². The van der Waals surface area contributed by atoms with Crippen molar-refractivity contribution in [3.05, 3.63) is 142 Å². The second-order valence-corrected chi connectivity index (χ2v) is 22.9. The number of carbonyl (C=O) groups excluding carboxylic acids is 2. The lowest BCUT2D eigenvalue weighted by Crippen LogP contribution is -2.41. The van der Waals surface area contributed by atoms with Crippen LogP contribution in [0.15, 0.2) is 97.1 Å². The van der Waals surface area contributed by atoms with E-state index in [4.69, 9.17) is 0 Å². The molecule has 0 radical (unpaired) electrons. The van der Waals surface area contributed by atoms with Crippen molar-refractivity contribution in [3.63, 3.8) is 0 Å². The van der Waals surface area contributed by atoms with Gasteiger partial charge in [-0.2, -0.15) is 0 Å². The Morgan fingerprint density at radius 2 is 0.436 bits per heavy atom. The van der Waals surface area contributed by atoms with E-state index in [1.165, 1.54) is 268 Å². The Bertz CT molecular complexity index is 2060. The van der Waals surface area contributed by atoms with Gasteiger partial charge in [0, 0.05) is 33.4 Å². The fourth-order valence-corrected chi connectivity index (χ4v) is 10.6. The zero-order chi connectivity index (χ0) is 55.0. The van der Waals surface area contributed by atoms with E-state index < -0.39 is 11.8 Å². The molecule has 4 rings (SSSR count). The fraction of sp³-hybridized carbons (Fsp3) is 0.595. The van der Waals surface area contributed by atoms with Crippen LogP contribution in [0.1, 0.15) is 325 Å². The van der Waals surface area contributed by atoms with E-state index in [-0.39, 0.29) is 0 Å². The summed E-state index contributed by atoms with van der Waals surface area (Å²) in [6.45, 7) is 4.59. The summed E-state index contributed by atoms with van der Waals surface area (Å²) in [5.74, 6) is 12.2. The molecule has 0 saturated heterocycles. The molecule has 4 aromatic carbocycles. The molecule has 2 N–H and O–H groups in total. The number of aryl methyl sites for hydroxylation is 2. The molecule has 0 bridgehead atoms. The van der Waals surface area contributed by atoms with Gasteiger partial charge in [-0.3, -0.25) is 20.4 Å². The molecule has 4 nitrogen and oxygen atoms in total. The summed E-state index contributed by atoms with van der Waals surface area (Å²) in [5.41, 5.74) is 12.3. The highest BCUT2D eigenvalue weighted by atomic mass is 16.2. The number of benzene rings is 4. The predicted octanol–water partition coefficient (Wildman–Crippen LogP) is 21.3. The van der Waals surface area contributed by atoms with Crippen molar-refractivity contribution in [2.75, 3.05) is 0 Å². The summed E-state index contributed by atoms with van der Waals surface area (Å²) in [6.07, 6.45) is 58.5. The molecule has 0 spiro atoms. The van der Waals surface area contributed by atoms with Gasteiger partial charge >= 0.3 is 0 Å². The average Bonchev–Trinajstić information content (AvgIpc) is 3.47. The highest BCUT2D eigenvalue weighted by molar-refractivity contribution is 5.99. The quantitative estimate of drug-likeness (QED) is 0.0263. The molecule has 0 atom stereocenters. The number of rotatable bonds is 44. The fourth-order valence-electron chi connectivity index (χ4n) is 10.6. The summed E-state index contributed by atoms with van der Waals surface area (Å²) < 4.78 is 0. The first-order valence-corrected chi connectivity index (χ1v) is 32.6. The monoisotopic (exact) mass is 1060 g/mol. The number of nitrogens with one attached hydrogen (secondary N) is 2. The number of amides is 2. The first-order chi connectivity index (χ1) is 38.5. The summed E-state index contributed by atoms with van der Waals surface area (Å²) in [4.78, 5) is 25.7. The van der Waals surface area contributed by atoms with E-state index in [1.54, 1.807) is 24.3 Å². The van der Waals surface area contributed by atoms with Crippen molar-refractivity contribution < 1.29 is 9.59 Å². The van der Waals surface area contributed by atoms with Gasteiger partial charge in [0.2, 0.25) is 0 Å². The standard InChI is InChI=1S/C74H108N2O2/c1-3-5-7-9-11-13-15-17-19-21-23-25-27-29-31-33-35-37-39-41-43-65-45-49-67(50-46-65)53-55-69-57-61-71(62-58-69)73(77)75-76-74(78)72-63-59-70(60-64-72)56-54-68-51-47-66(48-52-68)44-42-40-38-36-34-32-30-28-26-24-22-20-18-16-14-12-10-8-6-4-2/h45-52,57-64H,3-44H2,1-2H3,(H,75,77)(H,76,78). The van der Waals surface area contributed by atoms with Gasteiger partial charge in [0.25, 0.3) is 11.8 Å². The second kappa shape index (κ2) is 45.8.